The van der Waals surface area contributed by atoms with Crippen molar-refractivity contribution >= 4 is 0 Å². The molecular weight excluding hydrogens is 188 g/mol. The number of nitrogens with one attached hydrogen (secondary N) is 1. The van der Waals surface area contributed by atoms with Crippen LogP contribution in [0.2, 0.25) is 0 Å². The Morgan fingerprint density at radius 2 is 2.20 bits per heavy atom. The van der Waals surface area contributed by atoms with Gasteiger partial charge in [-0.15, -0.1) is 0 Å². The van der Waals surface area contributed by atoms with Crippen LogP contribution in [0.1, 0.15) is 26.2 Å². The molecule has 1 unspecified atom stereocenters. The fourth-order valence-corrected chi connectivity index (χ4v) is 1.82. The second-order valence-corrected chi connectivity index (χ2v) is 4.90. The van der Waals surface area contributed by atoms with Gasteiger partial charge in [0.25, 0.3) is 0 Å². The highest BCUT2D eigenvalue weighted by Gasteiger charge is 2.20. The Labute approximate surface area is 94.2 Å². The summed E-state index contributed by atoms with van der Waals surface area (Å²) in [5, 5.41) is 3.58. The lowest BCUT2D eigenvalue weighted by molar-refractivity contribution is 0.175. The molecule has 1 fully saturated rings. The zero-order chi connectivity index (χ0) is 11.1. The van der Waals surface area contributed by atoms with E-state index in [1.165, 1.54) is 25.9 Å². The van der Waals surface area contributed by atoms with Gasteiger partial charge in [-0.2, -0.15) is 0 Å². The summed E-state index contributed by atoms with van der Waals surface area (Å²) in [6.07, 6.45) is 3.91. The maximum Gasteiger partial charge on any atom is 0.0474 e. The van der Waals surface area contributed by atoms with Crippen LogP contribution in [-0.2, 0) is 4.74 Å². The van der Waals surface area contributed by atoms with Gasteiger partial charge >= 0.3 is 0 Å². The fourth-order valence-electron chi connectivity index (χ4n) is 1.82. The molecular formula is C12H26N2O. The topological polar surface area (TPSA) is 24.5 Å². The van der Waals surface area contributed by atoms with Gasteiger partial charge in [-0.05, 0) is 38.8 Å². The largest absolute Gasteiger partial charge is 0.385 e. The number of ether oxygens (including phenoxy) is 1. The normalized spacial score (nSPS) is 18.4. The molecule has 1 aliphatic rings. The summed E-state index contributed by atoms with van der Waals surface area (Å²) in [4.78, 5) is 2.40. The van der Waals surface area contributed by atoms with Crippen molar-refractivity contribution in [1.82, 2.24) is 10.2 Å². The Kier molecular flexibility index (Phi) is 6.22. The first-order valence-corrected chi connectivity index (χ1v) is 6.13. The van der Waals surface area contributed by atoms with Crippen molar-refractivity contribution in [3.05, 3.63) is 0 Å². The summed E-state index contributed by atoms with van der Waals surface area (Å²) >= 11 is 0. The molecule has 0 spiro atoms. The van der Waals surface area contributed by atoms with Gasteiger partial charge < -0.3 is 15.0 Å². The quantitative estimate of drug-likeness (QED) is 0.586. The fraction of sp³-hybridized carbons (Fsp3) is 1.00. The van der Waals surface area contributed by atoms with Crippen molar-refractivity contribution in [1.29, 1.82) is 0 Å². The van der Waals surface area contributed by atoms with E-state index in [-0.39, 0.29) is 0 Å². The Bertz CT molecular complexity index is 160. The first-order valence-electron chi connectivity index (χ1n) is 6.13. The van der Waals surface area contributed by atoms with Crippen molar-refractivity contribution in [3.63, 3.8) is 0 Å². The van der Waals surface area contributed by atoms with Crippen LogP contribution in [0.5, 0.6) is 0 Å². The molecule has 0 heterocycles. The van der Waals surface area contributed by atoms with Gasteiger partial charge in [-0.3, -0.25) is 0 Å². The van der Waals surface area contributed by atoms with Crippen LogP contribution in [-0.4, -0.2) is 51.3 Å². The van der Waals surface area contributed by atoms with Gasteiger partial charge in [0.05, 0.1) is 0 Å². The Morgan fingerprint density at radius 1 is 1.47 bits per heavy atom. The minimum Gasteiger partial charge on any atom is -0.385 e. The zero-order valence-corrected chi connectivity index (χ0v) is 10.5. The number of hydrogen-bond donors (Lipinski definition) is 1. The van der Waals surface area contributed by atoms with E-state index in [9.17, 15) is 0 Å². The van der Waals surface area contributed by atoms with E-state index in [2.05, 4.69) is 24.2 Å². The summed E-state index contributed by atoms with van der Waals surface area (Å²) in [6, 6.07) is 0.839. The summed E-state index contributed by atoms with van der Waals surface area (Å²) in [5.74, 6) is 0.748. The van der Waals surface area contributed by atoms with E-state index < -0.39 is 0 Å². The molecule has 1 N–H and O–H groups in total. The van der Waals surface area contributed by atoms with E-state index in [4.69, 9.17) is 4.74 Å². The van der Waals surface area contributed by atoms with Crippen LogP contribution in [0.4, 0.5) is 0 Å². The standard InChI is InChI=1S/C12H26N2O/c1-11(9-13-12-5-6-12)10-14(2)7-4-8-15-3/h11-13H,4-10H2,1-3H3. The van der Waals surface area contributed by atoms with Crippen LogP contribution >= 0.6 is 0 Å². The third-order valence-electron chi connectivity index (χ3n) is 2.84. The van der Waals surface area contributed by atoms with Gasteiger partial charge in [0.15, 0.2) is 0 Å². The second kappa shape index (κ2) is 7.20. The lowest BCUT2D eigenvalue weighted by atomic mass is 10.1. The van der Waals surface area contributed by atoms with E-state index in [1.54, 1.807) is 7.11 Å². The first-order chi connectivity index (χ1) is 7.22. The number of nitrogens with zero attached hydrogens (tertiary/aromatic N) is 1. The summed E-state index contributed by atoms with van der Waals surface area (Å²) in [5.41, 5.74) is 0. The van der Waals surface area contributed by atoms with Crippen LogP contribution in [0.15, 0.2) is 0 Å². The molecule has 0 amide bonds. The molecule has 1 atom stereocenters. The summed E-state index contributed by atoms with van der Waals surface area (Å²) in [6.45, 7) is 6.69. The third-order valence-corrected chi connectivity index (χ3v) is 2.84. The van der Waals surface area contributed by atoms with Gasteiger partial charge in [0.1, 0.15) is 0 Å². The highest BCUT2D eigenvalue weighted by atomic mass is 16.5. The molecule has 3 heteroatoms. The SMILES string of the molecule is COCCCN(C)CC(C)CNC1CC1. The molecule has 0 saturated heterocycles. The highest BCUT2D eigenvalue weighted by Crippen LogP contribution is 2.18. The summed E-state index contributed by atoms with van der Waals surface area (Å²) in [7, 11) is 3.96. The van der Waals surface area contributed by atoms with Crippen molar-refractivity contribution in [2.75, 3.05) is 40.4 Å². The van der Waals surface area contributed by atoms with E-state index in [0.717, 1.165) is 31.5 Å². The van der Waals surface area contributed by atoms with Gasteiger partial charge in [-0.1, -0.05) is 6.92 Å². The van der Waals surface area contributed by atoms with Crippen LogP contribution in [0.25, 0.3) is 0 Å². The average Bonchev–Trinajstić information content (AvgIpc) is 2.98. The van der Waals surface area contributed by atoms with Crippen molar-refractivity contribution < 1.29 is 4.74 Å². The smallest absolute Gasteiger partial charge is 0.0474 e. The minimum absolute atomic E-state index is 0.748. The zero-order valence-electron chi connectivity index (χ0n) is 10.5. The molecule has 0 aromatic carbocycles. The maximum atomic E-state index is 5.05. The lowest BCUT2D eigenvalue weighted by Gasteiger charge is -2.21. The third kappa shape index (κ3) is 6.88. The molecule has 3 nitrogen and oxygen atoms in total. The van der Waals surface area contributed by atoms with Crippen molar-refractivity contribution in [2.45, 2.75) is 32.2 Å². The van der Waals surface area contributed by atoms with Gasteiger partial charge in [0.2, 0.25) is 0 Å². The molecule has 0 bridgehead atoms. The molecule has 0 aromatic heterocycles. The lowest BCUT2D eigenvalue weighted by Crippen LogP contribution is -2.32. The molecule has 0 aromatic rings. The number of hydrogen-bond acceptors (Lipinski definition) is 3. The maximum absolute atomic E-state index is 5.05. The molecule has 1 rings (SSSR count). The van der Waals surface area contributed by atoms with Crippen LogP contribution < -0.4 is 5.32 Å². The Balaban J connectivity index is 1.94. The van der Waals surface area contributed by atoms with Crippen LogP contribution in [0, 0.1) is 5.92 Å². The van der Waals surface area contributed by atoms with E-state index in [1.807, 2.05) is 0 Å². The Morgan fingerprint density at radius 3 is 2.80 bits per heavy atom. The summed E-state index contributed by atoms with van der Waals surface area (Å²) < 4.78 is 5.05. The van der Waals surface area contributed by atoms with Gasteiger partial charge in [0, 0.05) is 32.8 Å². The monoisotopic (exact) mass is 214 g/mol. The highest BCUT2D eigenvalue weighted by molar-refractivity contribution is 4.81. The van der Waals surface area contributed by atoms with E-state index >= 15 is 0 Å². The predicted molar refractivity (Wildman–Crippen MR) is 64.2 cm³/mol. The number of rotatable bonds is 9. The number of methoxy groups -OCH3 is 1. The molecule has 90 valence electrons. The predicted octanol–water partition coefficient (Wildman–Crippen LogP) is 1.34. The molecule has 0 aliphatic heterocycles. The minimum atomic E-state index is 0.748. The second-order valence-electron chi connectivity index (χ2n) is 4.90. The Hall–Kier alpha value is -0.120. The van der Waals surface area contributed by atoms with Crippen molar-refractivity contribution in [3.8, 4) is 0 Å². The molecule has 1 saturated carbocycles. The van der Waals surface area contributed by atoms with Crippen molar-refractivity contribution in [2.24, 2.45) is 5.92 Å². The molecule has 0 radical (unpaired) electrons. The first kappa shape index (κ1) is 12.9. The molecule has 15 heavy (non-hydrogen) atoms. The molecule has 1 aliphatic carbocycles. The average molecular weight is 214 g/mol. The van der Waals surface area contributed by atoms with Crippen LogP contribution in [0.3, 0.4) is 0 Å². The van der Waals surface area contributed by atoms with E-state index in [0.29, 0.717) is 0 Å². The van der Waals surface area contributed by atoms with Gasteiger partial charge in [-0.25, -0.2) is 0 Å².